The minimum absolute atomic E-state index is 0.183. The van der Waals surface area contributed by atoms with E-state index in [1.54, 1.807) is 42.5 Å². The summed E-state index contributed by atoms with van der Waals surface area (Å²) in [6, 6.07) is 14.1. The summed E-state index contributed by atoms with van der Waals surface area (Å²) in [6.45, 7) is 1.38. The Morgan fingerprint density at radius 1 is 1.09 bits per heavy atom. The molecule has 2 aromatic heterocycles. The summed E-state index contributed by atoms with van der Waals surface area (Å²) in [4.78, 5) is 47.6. The largest absolute Gasteiger partial charge is 0.382 e. The number of hydrogen-bond donors (Lipinski definition) is 4. The van der Waals surface area contributed by atoms with Crippen molar-refractivity contribution in [1.82, 2.24) is 20.4 Å². The van der Waals surface area contributed by atoms with Crippen molar-refractivity contribution in [3.63, 3.8) is 0 Å². The Kier molecular flexibility index (Phi) is 6.95. The second-order valence-electron chi connectivity index (χ2n) is 7.46. The second-order valence-corrected chi connectivity index (χ2v) is 7.89. The van der Waals surface area contributed by atoms with Crippen molar-refractivity contribution in [3.8, 4) is 0 Å². The number of nitrogens with zero attached hydrogens (tertiary/aromatic N) is 3. The van der Waals surface area contributed by atoms with E-state index in [4.69, 9.17) is 11.6 Å². The Balaban J connectivity index is 1.76. The van der Waals surface area contributed by atoms with Gasteiger partial charge in [0.2, 0.25) is 5.91 Å². The fourth-order valence-corrected chi connectivity index (χ4v) is 3.44. The van der Waals surface area contributed by atoms with Crippen LogP contribution in [0.4, 0.5) is 5.69 Å². The lowest BCUT2D eigenvalue weighted by molar-refractivity contribution is -0.114. The minimum atomic E-state index is -1.43. The normalized spacial score (nSPS) is 12.3. The number of anilines is 1. The number of hydrogen-bond acceptors (Lipinski definition) is 7. The van der Waals surface area contributed by atoms with Gasteiger partial charge in [-0.05, 0) is 48.0 Å². The van der Waals surface area contributed by atoms with E-state index in [2.05, 4.69) is 30.8 Å². The topological polar surface area (TPSA) is 149 Å². The van der Waals surface area contributed by atoms with Gasteiger partial charge in [-0.1, -0.05) is 23.7 Å². The average Bonchev–Trinajstić information content (AvgIpc) is 2.84. The molecule has 2 heterocycles. The van der Waals surface area contributed by atoms with E-state index in [-0.39, 0.29) is 22.9 Å². The highest BCUT2D eigenvalue weighted by molar-refractivity contribution is 6.31. The number of amides is 2. The number of benzene rings is 2. The summed E-state index contributed by atoms with van der Waals surface area (Å²) in [5, 5.41) is 18.3. The molecule has 10 nitrogen and oxygen atoms in total. The predicted octanol–water partition coefficient (Wildman–Crippen LogP) is 2.80. The number of hydrazone groups is 1. The molecule has 0 bridgehead atoms. The summed E-state index contributed by atoms with van der Waals surface area (Å²) in [7, 11) is 0. The van der Waals surface area contributed by atoms with Crippen LogP contribution in [0.25, 0.3) is 11.0 Å². The van der Waals surface area contributed by atoms with Crippen molar-refractivity contribution in [1.29, 1.82) is 0 Å². The lowest BCUT2D eigenvalue weighted by Gasteiger charge is -2.15. The van der Waals surface area contributed by atoms with Gasteiger partial charge in [0.25, 0.3) is 11.5 Å². The molecular formula is C24H19ClN6O4. The second kappa shape index (κ2) is 10.2. The van der Waals surface area contributed by atoms with Gasteiger partial charge < -0.3 is 15.4 Å². The highest BCUT2D eigenvalue weighted by atomic mass is 35.5. The van der Waals surface area contributed by atoms with Crippen molar-refractivity contribution >= 4 is 45.8 Å². The van der Waals surface area contributed by atoms with Gasteiger partial charge in [0.1, 0.15) is 11.8 Å². The van der Waals surface area contributed by atoms with Crippen molar-refractivity contribution < 1.29 is 14.7 Å². The summed E-state index contributed by atoms with van der Waals surface area (Å²) in [6.07, 6.45) is 1.47. The maximum atomic E-state index is 12.9. The minimum Gasteiger partial charge on any atom is -0.382 e. The molecule has 2 amide bonds. The van der Waals surface area contributed by atoms with E-state index >= 15 is 0 Å². The van der Waals surface area contributed by atoms with Gasteiger partial charge in [-0.2, -0.15) is 5.10 Å². The number of carbonyl (C=O) groups excluding carboxylic acids is 2. The fourth-order valence-electron chi connectivity index (χ4n) is 3.26. The maximum Gasteiger partial charge on any atom is 0.276 e. The number of carbonyl (C=O) groups is 2. The Morgan fingerprint density at radius 3 is 2.49 bits per heavy atom. The standard InChI is InChI=1S/C24H19ClN6O4/c1-13(32)27-17-5-2-14(3-6-17)22(33)20(30-31-23(34)15-8-10-26-11-9-15)21-24(35)29-19-12-16(25)4-7-18(19)28-21/h2-12,22,33H,1H3,(H,27,32)(H,29,35)(H,31,34)/b30-20+/t22-/m1/s1. The van der Waals surface area contributed by atoms with Crippen LogP contribution in [0.3, 0.4) is 0 Å². The molecule has 0 aliphatic heterocycles. The fraction of sp³-hybridized carbons (Fsp3) is 0.0833. The zero-order valence-corrected chi connectivity index (χ0v) is 19.1. The molecule has 4 aromatic rings. The molecule has 4 rings (SSSR count). The van der Waals surface area contributed by atoms with Crippen LogP contribution in [0, 0.1) is 0 Å². The molecule has 0 saturated heterocycles. The number of nitrogens with one attached hydrogen (secondary N) is 3. The number of aliphatic hydroxyl groups is 1. The highest BCUT2D eigenvalue weighted by Gasteiger charge is 2.23. The Morgan fingerprint density at radius 2 is 1.80 bits per heavy atom. The molecule has 4 N–H and O–H groups in total. The van der Waals surface area contributed by atoms with Crippen LogP contribution >= 0.6 is 11.6 Å². The van der Waals surface area contributed by atoms with E-state index in [0.717, 1.165) is 0 Å². The maximum absolute atomic E-state index is 12.9. The van der Waals surface area contributed by atoms with Gasteiger partial charge >= 0.3 is 0 Å². The Hall–Kier alpha value is -4.41. The van der Waals surface area contributed by atoms with Crippen molar-refractivity contribution in [2.75, 3.05) is 5.32 Å². The number of pyridine rings is 1. The van der Waals surface area contributed by atoms with Crippen molar-refractivity contribution in [3.05, 3.63) is 99.2 Å². The van der Waals surface area contributed by atoms with Gasteiger partial charge in [0.05, 0.1) is 11.0 Å². The van der Waals surface area contributed by atoms with Gasteiger partial charge in [-0.25, -0.2) is 10.4 Å². The smallest absolute Gasteiger partial charge is 0.276 e. The lowest BCUT2D eigenvalue weighted by atomic mass is 10.0. The third kappa shape index (κ3) is 5.57. The summed E-state index contributed by atoms with van der Waals surface area (Å²) in [5.41, 5.74) is 3.33. The number of aromatic amines is 1. The van der Waals surface area contributed by atoms with Crippen molar-refractivity contribution in [2.24, 2.45) is 5.10 Å². The molecule has 176 valence electrons. The van der Waals surface area contributed by atoms with Crippen LogP contribution in [-0.4, -0.2) is 37.6 Å². The Labute approximate surface area is 203 Å². The zero-order chi connectivity index (χ0) is 24.9. The first-order valence-electron chi connectivity index (χ1n) is 10.4. The quantitative estimate of drug-likeness (QED) is 0.241. The predicted molar refractivity (Wildman–Crippen MR) is 131 cm³/mol. The van der Waals surface area contributed by atoms with E-state index in [1.165, 1.54) is 31.5 Å². The highest BCUT2D eigenvalue weighted by Crippen LogP contribution is 2.21. The Bertz CT molecular complexity index is 1490. The van der Waals surface area contributed by atoms with Crippen LogP contribution in [-0.2, 0) is 4.79 Å². The number of fused-ring (bicyclic) bond motifs is 1. The summed E-state index contributed by atoms with van der Waals surface area (Å²) in [5.74, 6) is -0.812. The summed E-state index contributed by atoms with van der Waals surface area (Å²) >= 11 is 6.00. The summed E-state index contributed by atoms with van der Waals surface area (Å²) < 4.78 is 0. The molecule has 0 aliphatic rings. The van der Waals surface area contributed by atoms with Gasteiger partial charge in [-0.15, -0.1) is 0 Å². The number of aliphatic hydroxyl groups excluding tert-OH is 1. The number of rotatable bonds is 6. The first-order chi connectivity index (χ1) is 16.8. The van der Waals surface area contributed by atoms with E-state index in [9.17, 15) is 19.5 Å². The van der Waals surface area contributed by atoms with Crippen LogP contribution < -0.4 is 16.3 Å². The molecule has 2 aromatic carbocycles. The molecule has 0 saturated carbocycles. The monoisotopic (exact) mass is 490 g/mol. The molecule has 0 unspecified atom stereocenters. The molecule has 35 heavy (non-hydrogen) atoms. The van der Waals surface area contributed by atoms with Crippen molar-refractivity contribution in [2.45, 2.75) is 13.0 Å². The van der Waals surface area contributed by atoms with Crippen LogP contribution in [0.5, 0.6) is 0 Å². The van der Waals surface area contributed by atoms with Gasteiger partial charge in [0, 0.05) is 35.6 Å². The van der Waals surface area contributed by atoms with Crippen LogP contribution in [0.15, 0.2) is 76.9 Å². The molecule has 1 atom stereocenters. The molecule has 0 aliphatic carbocycles. The van der Waals surface area contributed by atoms with Crippen LogP contribution in [0.2, 0.25) is 5.02 Å². The first-order valence-corrected chi connectivity index (χ1v) is 10.7. The van der Waals surface area contributed by atoms with Gasteiger partial charge in [0.15, 0.2) is 5.69 Å². The molecule has 0 fully saturated rings. The average molecular weight is 491 g/mol. The molecule has 0 spiro atoms. The van der Waals surface area contributed by atoms with E-state index in [0.29, 0.717) is 27.3 Å². The lowest BCUT2D eigenvalue weighted by Crippen LogP contribution is -2.29. The zero-order valence-electron chi connectivity index (χ0n) is 18.3. The number of halogens is 1. The third-order valence-electron chi connectivity index (χ3n) is 4.92. The van der Waals surface area contributed by atoms with Gasteiger partial charge in [-0.3, -0.25) is 19.4 Å². The molecular weight excluding hydrogens is 472 g/mol. The SMILES string of the molecule is CC(=O)Nc1ccc([C@@H](O)/C(=N/NC(=O)c2ccncc2)c2nc3ccc(Cl)cc3[nH]c2=O)cc1. The first kappa shape index (κ1) is 23.7. The molecule has 0 radical (unpaired) electrons. The van der Waals surface area contributed by atoms with E-state index < -0.39 is 17.6 Å². The molecule has 11 heteroatoms. The van der Waals surface area contributed by atoms with Crippen LogP contribution in [0.1, 0.15) is 34.6 Å². The number of aromatic nitrogens is 3. The van der Waals surface area contributed by atoms with E-state index in [1.807, 2.05) is 0 Å². The number of H-pyrrole nitrogens is 1. The third-order valence-corrected chi connectivity index (χ3v) is 5.16.